The summed E-state index contributed by atoms with van der Waals surface area (Å²) in [6, 6.07) is 2.61. The second-order valence-electron chi connectivity index (χ2n) is 5.41. The molecule has 0 aliphatic carbocycles. The van der Waals surface area contributed by atoms with Gasteiger partial charge in [0.15, 0.2) is 0 Å². The molecule has 0 radical (unpaired) electrons. The summed E-state index contributed by atoms with van der Waals surface area (Å²) in [6.07, 6.45) is 1.19. The highest BCUT2D eigenvalue weighted by atomic mass is 79.9. The van der Waals surface area contributed by atoms with Crippen molar-refractivity contribution in [2.24, 2.45) is 0 Å². The predicted molar refractivity (Wildman–Crippen MR) is 84.6 cm³/mol. The summed E-state index contributed by atoms with van der Waals surface area (Å²) in [7, 11) is -3.79. The molecule has 1 aliphatic rings. The van der Waals surface area contributed by atoms with Crippen molar-refractivity contribution < 1.29 is 23.1 Å². The lowest BCUT2D eigenvalue weighted by Gasteiger charge is -2.28. The maximum atomic E-state index is 12.6. The third-order valence-corrected chi connectivity index (χ3v) is 5.76. The fraction of sp³-hybridized carbons (Fsp3) is 0.500. The van der Waals surface area contributed by atoms with Crippen molar-refractivity contribution in [2.45, 2.75) is 43.7 Å². The zero-order chi connectivity index (χ0) is 16.5. The van der Waals surface area contributed by atoms with Crippen LogP contribution in [0.5, 0.6) is 0 Å². The van der Waals surface area contributed by atoms with Gasteiger partial charge < -0.3 is 9.84 Å². The Morgan fingerprint density at radius 2 is 2.14 bits per heavy atom. The number of nitrogens with one attached hydrogen (secondary N) is 1. The van der Waals surface area contributed by atoms with Gasteiger partial charge in [-0.15, -0.1) is 0 Å². The molecule has 6 nitrogen and oxygen atoms in total. The van der Waals surface area contributed by atoms with Crippen molar-refractivity contribution in [3.63, 3.8) is 0 Å². The Kier molecular flexibility index (Phi) is 5.26. The van der Waals surface area contributed by atoms with Gasteiger partial charge in [0.1, 0.15) is 0 Å². The SMILES string of the molecule is Cc1c(C(=O)O)cc(Br)cc1S(=O)(=O)NC1CCOC(C)C1. The first-order valence-corrected chi connectivity index (χ1v) is 9.15. The number of hydrogen-bond donors (Lipinski definition) is 2. The Balaban J connectivity index is 2.35. The van der Waals surface area contributed by atoms with Gasteiger partial charge in [-0.05, 0) is 44.4 Å². The summed E-state index contributed by atoms with van der Waals surface area (Å²) in [5.41, 5.74) is 0.193. The maximum Gasteiger partial charge on any atom is 0.336 e. The van der Waals surface area contributed by atoms with Gasteiger partial charge in [0.05, 0.1) is 16.6 Å². The first-order chi connectivity index (χ1) is 10.2. The van der Waals surface area contributed by atoms with Crippen LogP contribution in [0.4, 0.5) is 0 Å². The van der Waals surface area contributed by atoms with Gasteiger partial charge in [0.25, 0.3) is 0 Å². The zero-order valence-corrected chi connectivity index (χ0v) is 14.7. The Morgan fingerprint density at radius 3 is 2.73 bits per heavy atom. The predicted octanol–water partition coefficient (Wildman–Crippen LogP) is 2.30. The Bertz CT molecular complexity index is 689. The highest BCUT2D eigenvalue weighted by Gasteiger charge is 2.27. The van der Waals surface area contributed by atoms with Crippen LogP contribution in [0.2, 0.25) is 0 Å². The standard InChI is InChI=1S/C14H18BrNO5S/c1-8-5-11(3-4-21-8)16-22(19,20)13-7-10(15)6-12(9(13)2)14(17)18/h6-8,11,16H,3-5H2,1-2H3,(H,17,18). The minimum absolute atomic E-state index is 0.000336. The van der Waals surface area contributed by atoms with Gasteiger partial charge in [-0.3, -0.25) is 0 Å². The molecule has 0 bridgehead atoms. The molecule has 0 aromatic heterocycles. The molecule has 1 aliphatic heterocycles. The van der Waals surface area contributed by atoms with E-state index in [1.54, 1.807) is 0 Å². The molecule has 2 N–H and O–H groups in total. The lowest BCUT2D eigenvalue weighted by atomic mass is 10.1. The van der Waals surface area contributed by atoms with Crippen LogP contribution in [0.15, 0.2) is 21.5 Å². The summed E-state index contributed by atoms with van der Waals surface area (Å²) in [5.74, 6) is -1.16. The monoisotopic (exact) mass is 391 g/mol. The molecule has 1 saturated heterocycles. The highest BCUT2D eigenvalue weighted by molar-refractivity contribution is 9.10. The minimum atomic E-state index is -3.79. The van der Waals surface area contributed by atoms with Crippen LogP contribution in [-0.2, 0) is 14.8 Å². The Morgan fingerprint density at radius 1 is 1.45 bits per heavy atom. The van der Waals surface area contributed by atoms with Crippen LogP contribution in [-0.4, -0.2) is 38.2 Å². The van der Waals surface area contributed by atoms with Gasteiger partial charge in [-0.25, -0.2) is 17.9 Å². The third kappa shape index (κ3) is 3.87. The molecule has 122 valence electrons. The second-order valence-corrected chi connectivity index (χ2v) is 8.00. The molecule has 2 rings (SSSR count). The van der Waals surface area contributed by atoms with Gasteiger partial charge in [0.2, 0.25) is 10.0 Å². The number of hydrogen-bond acceptors (Lipinski definition) is 4. The summed E-state index contributed by atoms with van der Waals surface area (Å²) in [4.78, 5) is 11.2. The highest BCUT2D eigenvalue weighted by Crippen LogP contribution is 2.26. The van der Waals surface area contributed by atoms with E-state index in [1.807, 2.05) is 6.92 Å². The Labute approximate surface area is 138 Å². The molecule has 1 fully saturated rings. The van der Waals surface area contributed by atoms with Crippen molar-refractivity contribution >= 4 is 31.9 Å². The molecule has 2 atom stereocenters. The number of halogens is 1. The van der Waals surface area contributed by atoms with Crippen molar-refractivity contribution in [1.82, 2.24) is 4.72 Å². The molecular weight excluding hydrogens is 374 g/mol. The summed E-state index contributed by atoms with van der Waals surface area (Å²) in [6.45, 7) is 3.90. The van der Waals surface area contributed by atoms with Gasteiger partial charge in [-0.1, -0.05) is 15.9 Å². The van der Waals surface area contributed by atoms with E-state index < -0.39 is 16.0 Å². The van der Waals surface area contributed by atoms with Gasteiger partial charge in [-0.2, -0.15) is 0 Å². The fourth-order valence-electron chi connectivity index (χ4n) is 2.54. The van der Waals surface area contributed by atoms with Crippen LogP contribution >= 0.6 is 15.9 Å². The lowest BCUT2D eigenvalue weighted by Crippen LogP contribution is -2.41. The molecular formula is C14H18BrNO5S. The fourth-order valence-corrected chi connectivity index (χ4v) is 4.73. The number of benzene rings is 1. The molecule has 0 saturated carbocycles. The van der Waals surface area contributed by atoms with E-state index in [9.17, 15) is 18.3 Å². The van der Waals surface area contributed by atoms with Crippen LogP contribution in [0.25, 0.3) is 0 Å². The summed E-state index contributed by atoms with van der Waals surface area (Å²) >= 11 is 3.17. The third-order valence-electron chi connectivity index (χ3n) is 3.65. The maximum absolute atomic E-state index is 12.6. The molecule has 0 amide bonds. The van der Waals surface area contributed by atoms with E-state index in [0.29, 0.717) is 23.9 Å². The number of aromatic carboxylic acids is 1. The van der Waals surface area contributed by atoms with Crippen molar-refractivity contribution in [3.8, 4) is 0 Å². The number of carboxylic acid groups (broad SMARTS) is 1. The van der Waals surface area contributed by atoms with E-state index >= 15 is 0 Å². The molecule has 1 heterocycles. The molecule has 22 heavy (non-hydrogen) atoms. The van der Waals surface area contributed by atoms with Crippen LogP contribution < -0.4 is 4.72 Å². The van der Waals surface area contributed by atoms with E-state index in [0.717, 1.165) is 0 Å². The van der Waals surface area contributed by atoms with Crippen molar-refractivity contribution in [1.29, 1.82) is 0 Å². The first kappa shape index (κ1) is 17.4. The molecule has 1 aromatic rings. The average Bonchev–Trinajstić information content (AvgIpc) is 2.40. The number of carboxylic acids is 1. The largest absolute Gasteiger partial charge is 0.478 e. The topological polar surface area (TPSA) is 92.7 Å². The van der Waals surface area contributed by atoms with E-state index in [4.69, 9.17) is 4.74 Å². The number of ether oxygens (including phenoxy) is 1. The van der Waals surface area contributed by atoms with Gasteiger partial charge in [0, 0.05) is 17.1 Å². The summed E-state index contributed by atoms with van der Waals surface area (Å²) in [5, 5.41) is 9.18. The average molecular weight is 392 g/mol. The first-order valence-electron chi connectivity index (χ1n) is 6.88. The second kappa shape index (κ2) is 6.66. The lowest BCUT2D eigenvalue weighted by molar-refractivity contribution is 0.0173. The quantitative estimate of drug-likeness (QED) is 0.821. The smallest absolute Gasteiger partial charge is 0.336 e. The molecule has 8 heteroatoms. The van der Waals surface area contributed by atoms with Crippen LogP contribution in [0.3, 0.4) is 0 Å². The molecule has 0 spiro atoms. The van der Waals surface area contributed by atoms with Crippen molar-refractivity contribution in [2.75, 3.05) is 6.61 Å². The van der Waals surface area contributed by atoms with E-state index in [2.05, 4.69) is 20.7 Å². The van der Waals surface area contributed by atoms with E-state index in [1.165, 1.54) is 19.1 Å². The van der Waals surface area contributed by atoms with E-state index in [-0.39, 0.29) is 28.2 Å². The van der Waals surface area contributed by atoms with Gasteiger partial charge >= 0.3 is 5.97 Å². The molecule has 1 aromatic carbocycles. The molecule has 2 unspecified atom stereocenters. The zero-order valence-electron chi connectivity index (χ0n) is 12.3. The number of sulfonamides is 1. The minimum Gasteiger partial charge on any atom is -0.478 e. The number of carbonyl (C=O) groups is 1. The van der Waals surface area contributed by atoms with Crippen LogP contribution in [0, 0.1) is 6.92 Å². The van der Waals surface area contributed by atoms with Crippen molar-refractivity contribution in [3.05, 3.63) is 27.7 Å². The number of rotatable bonds is 4. The normalized spacial score (nSPS) is 22.5. The van der Waals surface area contributed by atoms with Crippen LogP contribution in [0.1, 0.15) is 35.7 Å². The Hall–Kier alpha value is -0.960. The summed E-state index contributed by atoms with van der Waals surface area (Å²) < 4.78 is 33.6.